The maximum Gasteiger partial charge on any atom is 0.416 e. The molecular weight excluding hydrogens is 462 g/mol. The van der Waals surface area contributed by atoms with Gasteiger partial charge in [0.2, 0.25) is 0 Å². The van der Waals surface area contributed by atoms with Crippen molar-refractivity contribution >= 4 is 29.9 Å². The number of halogens is 4. The van der Waals surface area contributed by atoms with Crippen LogP contribution in [0.5, 0.6) is 5.75 Å². The normalized spacial score (nSPS) is 19.7. The largest absolute Gasteiger partial charge is 0.491 e. The summed E-state index contributed by atoms with van der Waals surface area (Å²) < 4.78 is 43.1. The van der Waals surface area contributed by atoms with Gasteiger partial charge in [-0.15, -0.1) is 24.0 Å². The molecule has 1 saturated heterocycles. The van der Waals surface area contributed by atoms with Gasteiger partial charge in [0.25, 0.3) is 0 Å². The van der Waals surface area contributed by atoms with Gasteiger partial charge in [-0.05, 0) is 37.0 Å². The summed E-state index contributed by atoms with van der Waals surface area (Å²) >= 11 is 0. The van der Waals surface area contributed by atoms with Crippen molar-refractivity contribution in [2.24, 2.45) is 16.6 Å². The number of aliphatic imine (C=N–C) groups is 1. The minimum atomic E-state index is -4.43. The second-order valence-electron chi connectivity index (χ2n) is 6.38. The number of benzene rings is 1. The number of likely N-dealkylation sites (tertiary alicyclic amines) is 1. The first kappa shape index (κ1) is 22.8. The Morgan fingerprint density at radius 1 is 1.46 bits per heavy atom. The van der Waals surface area contributed by atoms with Crippen molar-refractivity contribution < 1.29 is 23.0 Å². The third kappa shape index (κ3) is 7.18. The van der Waals surface area contributed by atoms with E-state index in [1.165, 1.54) is 12.1 Å². The van der Waals surface area contributed by atoms with Gasteiger partial charge in [-0.1, -0.05) is 13.0 Å². The summed E-state index contributed by atoms with van der Waals surface area (Å²) in [4.78, 5) is 6.14. The highest BCUT2D eigenvalue weighted by molar-refractivity contribution is 14.0. The molecule has 5 nitrogen and oxygen atoms in total. The Bertz CT molecular complexity index is 599. The standard InChI is InChI=1S/C17H24F3N3O2.HI/c1-12-4-3-7-23(10-12)16(21)22-9-14(24)11-25-15-6-2-5-13(8-15)17(18,19)20;/h2,5-6,8,12,14,24H,3-4,7,9-11H2,1H3,(H2,21,22);1H. The molecular formula is C17H25F3IN3O2. The molecule has 0 aromatic heterocycles. The van der Waals surface area contributed by atoms with E-state index in [4.69, 9.17) is 10.5 Å². The average molecular weight is 487 g/mol. The van der Waals surface area contributed by atoms with E-state index in [-0.39, 0.29) is 42.9 Å². The minimum absolute atomic E-state index is 0. The van der Waals surface area contributed by atoms with Crippen LogP contribution in [-0.4, -0.2) is 48.3 Å². The van der Waals surface area contributed by atoms with E-state index >= 15 is 0 Å². The lowest BCUT2D eigenvalue weighted by atomic mass is 10.0. The van der Waals surface area contributed by atoms with Gasteiger partial charge in [0, 0.05) is 13.1 Å². The van der Waals surface area contributed by atoms with Crippen molar-refractivity contribution in [2.45, 2.75) is 32.0 Å². The van der Waals surface area contributed by atoms with Crippen LogP contribution >= 0.6 is 24.0 Å². The quantitative estimate of drug-likeness (QED) is 0.381. The first-order chi connectivity index (χ1) is 11.8. The van der Waals surface area contributed by atoms with Crippen LogP contribution in [0.4, 0.5) is 13.2 Å². The zero-order valence-electron chi connectivity index (χ0n) is 14.6. The maximum absolute atomic E-state index is 12.6. The summed E-state index contributed by atoms with van der Waals surface area (Å²) in [5.74, 6) is 0.983. The van der Waals surface area contributed by atoms with Crippen molar-refractivity contribution in [2.75, 3.05) is 26.2 Å². The number of ether oxygens (including phenoxy) is 1. The van der Waals surface area contributed by atoms with E-state index in [9.17, 15) is 18.3 Å². The number of aliphatic hydroxyl groups excluding tert-OH is 1. The van der Waals surface area contributed by atoms with Crippen LogP contribution in [-0.2, 0) is 6.18 Å². The Hall–Kier alpha value is -1.23. The minimum Gasteiger partial charge on any atom is -0.491 e. The number of guanidine groups is 1. The Morgan fingerprint density at radius 3 is 2.85 bits per heavy atom. The zero-order valence-corrected chi connectivity index (χ0v) is 16.9. The molecule has 1 aliphatic heterocycles. The summed E-state index contributed by atoms with van der Waals surface area (Å²) in [6, 6.07) is 4.54. The second kappa shape index (κ2) is 10.2. The zero-order chi connectivity index (χ0) is 18.4. The Balaban J connectivity index is 0.00000338. The lowest BCUT2D eigenvalue weighted by molar-refractivity contribution is -0.137. The van der Waals surface area contributed by atoms with Crippen LogP contribution in [0.3, 0.4) is 0 Å². The fraction of sp³-hybridized carbons (Fsp3) is 0.588. The summed E-state index contributed by atoms with van der Waals surface area (Å²) in [6.07, 6.45) is -3.16. The van der Waals surface area contributed by atoms with Gasteiger partial charge < -0.3 is 20.5 Å². The molecule has 9 heteroatoms. The van der Waals surface area contributed by atoms with E-state index in [1.54, 1.807) is 0 Å². The number of rotatable bonds is 5. The van der Waals surface area contributed by atoms with Crippen molar-refractivity contribution in [1.82, 2.24) is 4.90 Å². The lowest BCUT2D eigenvalue weighted by Gasteiger charge is -2.31. The summed E-state index contributed by atoms with van der Waals surface area (Å²) in [7, 11) is 0. The van der Waals surface area contributed by atoms with E-state index in [0.717, 1.165) is 38.1 Å². The molecule has 2 rings (SSSR count). The van der Waals surface area contributed by atoms with Crippen molar-refractivity contribution in [3.63, 3.8) is 0 Å². The molecule has 0 saturated carbocycles. The number of hydrogen-bond acceptors (Lipinski definition) is 3. The summed E-state index contributed by atoms with van der Waals surface area (Å²) in [5, 5.41) is 9.91. The molecule has 0 bridgehead atoms. The number of nitrogens with two attached hydrogens (primary N) is 1. The molecule has 2 unspecified atom stereocenters. The molecule has 0 spiro atoms. The van der Waals surface area contributed by atoms with E-state index < -0.39 is 17.8 Å². The van der Waals surface area contributed by atoms with Crippen molar-refractivity contribution in [1.29, 1.82) is 0 Å². The van der Waals surface area contributed by atoms with Gasteiger partial charge in [0.1, 0.15) is 18.5 Å². The Kier molecular flexibility index (Phi) is 8.94. The Labute approximate surface area is 168 Å². The average Bonchev–Trinajstić information content (AvgIpc) is 2.57. The fourth-order valence-corrected chi connectivity index (χ4v) is 2.70. The Morgan fingerprint density at radius 2 is 2.19 bits per heavy atom. The number of nitrogens with zero attached hydrogens (tertiary/aromatic N) is 2. The van der Waals surface area contributed by atoms with E-state index in [2.05, 4.69) is 11.9 Å². The van der Waals surface area contributed by atoms with E-state index in [1.807, 2.05) is 4.90 Å². The fourth-order valence-electron chi connectivity index (χ4n) is 2.70. The van der Waals surface area contributed by atoms with Gasteiger partial charge in [-0.2, -0.15) is 13.2 Å². The monoisotopic (exact) mass is 487 g/mol. The van der Waals surface area contributed by atoms with Crippen LogP contribution in [0.1, 0.15) is 25.3 Å². The first-order valence-electron chi connectivity index (χ1n) is 8.28. The van der Waals surface area contributed by atoms with Crippen LogP contribution in [0.15, 0.2) is 29.3 Å². The SMILES string of the molecule is CC1CCCN(C(N)=NCC(O)COc2cccc(C(F)(F)F)c2)C1.I. The topological polar surface area (TPSA) is 71.1 Å². The smallest absolute Gasteiger partial charge is 0.416 e. The van der Waals surface area contributed by atoms with Crippen LogP contribution in [0.2, 0.25) is 0 Å². The predicted molar refractivity (Wildman–Crippen MR) is 105 cm³/mol. The molecule has 0 radical (unpaired) electrons. The number of alkyl halides is 3. The van der Waals surface area contributed by atoms with Crippen LogP contribution in [0.25, 0.3) is 0 Å². The summed E-state index contributed by atoms with van der Waals surface area (Å²) in [5.41, 5.74) is 5.14. The van der Waals surface area contributed by atoms with E-state index in [0.29, 0.717) is 11.9 Å². The third-order valence-corrected chi connectivity index (χ3v) is 4.05. The molecule has 0 aliphatic carbocycles. The predicted octanol–water partition coefficient (Wildman–Crippen LogP) is 3.11. The van der Waals surface area contributed by atoms with Gasteiger partial charge in [0.15, 0.2) is 5.96 Å². The second-order valence-corrected chi connectivity index (χ2v) is 6.38. The van der Waals surface area contributed by atoms with Gasteiger partial charge >= 0.3 is 6.18 Å². The van der Waals surface area contributed by atoms with Crippen LogP contribution < -0.4 is 10.5 Å². The maximum atomic E-state index is 12.6. The number of aliphatic hydroxyl groups is 1. The highest BCUT2D eigenvalue weighted by Gasteiger charge is 2.30. The molecule has 2 atom stereocenters. The van der Waals surface area contributed by atoms with Crippen molar-refractivity contribution in [3.05, 3.63) is 29.8 Å². The number of hydrogen-bond donors (Lipinski definition) is 2. The first-order valence-corrected chi connectivity index (χ1v) is 8.28. The molecule has 148 valence electrons. The lowest BCUT2D eigenvalue weighted by Crippen LogP contribution is -2.44. The molecule has 1 fully saturated rings. The van der Waals surface area contributed by atoms with Gasteiger partial charge in [0.05, 0.1) is 12.1 Å². The van der Waals surface area contributed by atoms with Gasteiger partial charge in [-0.3, -0.25) is 4.99 Å². The molecule has 1 aliphatic rings. The third-order valence-electron chi connectivity index (χ3n) is 4.05. The molecule has 3 N–H and O–H groups in total. The number of piperidine rings is 1. The molecule has 1 aromatic rings. The summed E-state index contributed by atoms with van der Waals surface area (Å²) in [6.45, 7) is 3.71. The molecule has 1 heterocycles. The van der Waals surface area contributed by atoms with Crippen molar-refractivity contribution in [3.8, 4) is 5.75 Å². The highest BCUT2D eigenvalue weighted by atomic mass is 127. The molecule has 1 aromatic carbocycles. The van der Waals surface area contributed by atoms with Gasteiger partial charge in [-0.25, -0.2) is 0 Å². The highest BCUT2D eigenvalue weighted by Crippen LogP contribution is 2.31. The molecule has 26 heavy (non-hydrogen) atoms. The molecule has 0 amide bonds. The van der Waals surface area contributed by atoms with Crippen LogP contribution in [0, 0.1) is 5.92 Å².